The summed E-state index contributed by atoms with van der Waals surface area (Å²) in [5, 5.41) is 0. The standard InChI is InChI=1S/C11H15I/c1-10-5-7-11(8-6-10)4-2-3-9-12/h5-8H,2-4,9H2,1H3. The number of aryl methyl sites for hydroxylation is 2. The molecule has 0 aliphatic rings. The Morgan fingerprint density at radius 3 is 2.33 bits per heavy atom. The largest absolute Gasteiger partial charge is 0.0864 e. The van der Waals surface area contributed by atoms with Crippen LogP contribution in [0.2, 0.25) is 0 Å². The van der Waals surface area contributed by atoms with Crippen LogP contribution in [-0.4, -0.2) is 4.43 Å². The van der Waals surface area contributed by atoms with Crippen molar-refractivity contribution in [1.29, 1.82) is 0 Å². The fourth-order valence-electron chi connectivity index (χ4n) is 1.18. The molecule has 1 aromatic carbocycles. The van der Waals surface area contributed by atoms with Crippen molar-refractivity contribution in [1.82, 2.24) is 0 Å². The highest BCUT2D eigenvalue weighted by atomic mass is 127. The molecule has 1 heteroatoms. The summed E-state index contributed by atoms with van der Waals surface area (Å²) in [6.45, 7) is 2.13. The summed E-state index contributed by atoms with van der Waals surface area (Å²) in [6.07, 6.45) is 3.91. The maximum Gasteiger partial charge on any atom is -0.000461 e. The van der Waals surface area contributed by atoms with Crippen LogP contribution in [0.1, 0.15) is 24.0 Å². The van der Waals surface area contributed by atoms with Crippen molar-refractivity contribution in [3.8, 4) is 0 Å². The molecule has 0 aliphatic heterocycles. The van der Waals surface area contributed by atoms with Crippen molar-refractivity contribution in [3.05, 3.63) is 35.4 Å². The van der Waals surface area contributed by atoms with Gasteiger partial charge < -0.3 is 0 Å². The molecular formula is C11H15I. The third-order valence-corrected chi connectivity index (χ3v) is 2.73. The molecule has 0 aromatic heterocycles. The van der Waals surface area contributed by atoms with Gasteiger partial charge in [-0.25, -0.2) is 0 Å². The van der Waals surface area contributed by atoms with E-state index in [1.807, 2.05) is 0 Å². The molecule has 1 rings (SSSR count). The van der Waals surface area contributed by atoms with Crippen LogP contribution in [0.4, 0.5) is 0 Å². The average molecular weight is 274 g/mol. The summed E-state index contributed by atoms with van der Waals surface area (Å²) in [5.74, 6) is 0. The smallest absolute Gasteiger partial charge is 0.000461 e. The number of unbranched alkanes of at least 4 members (excludes halogenated alkanes) is 1. The Kier molecular flexibility index (Phi) is 4.66. The van der Waals surface area contributed by atoms with Crippen molar-refractivity contribution in [3.63, 3.8) is 0 Å². The minimum atomic E-state index is 1.24. The summed E-state index contributed by atoms with van der Waals surface area (Å²) >= 11 is 2.44. The van der Waals surface area contributed by atoms with Crippen LogP contribution in [-0.2, 0) is 6.42 Å². The van der Waals surface area contributed by atoms with Crippen LogP contribution in [0.5, 0.6) is 0 Å². The zero-order chi connectivity index (χ0) is 8.81. The van der Waals surface area contributed by atoms with Crippen LogP contribution in [0.25, 0.3) is 0 Å². The van der Waals surface area contributed by atoms with Crippen LogP contribution in [0, 0.1) is 6.92 Å². The van der Waals surface area contributed by atoms with Crippen molar-refractivity contribution < 1.29 is 0 Å². The summed E-state index contributed by atoms with van der Waals surface area (Å²) < 4.78 is 1.28. The first kappa shape index (κ1) is 10.0. The Hall–Kier alpha value is -0.0500. The van der Waals surface area contributed by atoms with Crippen molar-refractivity contribution in [2.24, 2.45) is 0 Å². The maximum atomic E-state index is 2.44. The lowest BCUT2D eigenvalue weighted by Gasteiger charge is -1.99. The van der Waals surface area contributed by atoms with E-state index in [1.54, 1.807) is 0 Å². The molecule has 0 heterocycles. The predicted molar refractivity (Wildman–Crippen MR) is 63.0 cm³/mol. The average Bonchev–Trinajstić information content (AvgIpc) is 2.09. The Morgan fingerprint density at radius 1 is 1.08 bits per heavy atom. The number of benzene rings is 1. The van der Waals surface area contributed by atoms with Crippen LogP contribution in [0.3, 0.4) is 0 Å². The fourth-order valence-corrected chi connectivity index (χ4v) is 1.72. The molecule has 66 valence electrons. The van der Waals surface area contributed by atoms with Crippen LogP contribution in [0.15, 0.2) is 24.3 Å². The monoisotopic (exact) mass is 274 g/mol. The first-order valence-corrected chi connectivity index (χ1v) is 5.97. The minimum Gasteiger partial charge on any atom is -0.0864 e. The molecule has 0 aliphatic carbocycles. The lowest BCUT2D eigenvalue weighted by Crippen LogP contribution is -1.85. The highest BCUT2D eigenvalue weighted by Crippen LogP contribution is 2.07. The fraction of sp³-hybridized carbons (Fsp3) is 0.455. The van der Waals surface area contributed by atoms with Gasteiger partial charge in [0, 0.05) is 0 Å². The Labute approximate surface area is 88.5 Å². The first-order valence-electron chi connectivity index (χ1n) is 4.44. The van der Waals surface area contributed by atoms with E-state index in [4.69, 9.17) is 0 Å². The van der Waals surface area contributed by atoms with E-state index in [-0.39, 0.29) is 0 Å². The van der Waals surface area contributed by atoms with Gasteiger partial charge in [0.15, 0.2) is 0 Å². The second kappa shape index (κ2) is 5.57. The summed E-state index contributed by atoms with van der Waals surface area (Å²) in [4.78, 5) is 0. The molecule has 0 radical (unpaired) electrons. The predicted octanol–water partition coefficient (Wildman–Crippen LogP) is 3.75. The third kappa shape index (κ3) is 3.57. The van der Waals surface area contributed by atoms with Crippen molar-refractivity contribution >= 4 is 22.6 Å². The molecule has 0 fully saturated rings. The Morgan fingerprint density at radius 2 is 1.75 bits per heavy atom. The molecule has 0 spiro atoms. The number of rotatable bonds is 4. The van der Waals surface area contributed by atoms with Gasteiger partial charge in [-0.05, 0) is 36.2 Å². The van der Waals surface area contributed by atoms with Gasteiger partial charge in [0.05, 0.1) is 0 Å². The third-order valence-electron chi connectivity index (χ3n) is 1.97. The van der Waals surface area contributed by atoms with E-state index in [9.17, 15) is 0 Å². The van der Waals surface area contributed by atoms with E-state index in [0.29, 0.717) is 0 Å². The molecule has 0 atom stereocenters. The Bertz CT molecular complexity index is 213. The van der Waals surface area contributed by atoms with Gasteiger partial charge in [-0.15, -0.1) is 0 Å². The van der Waals surface area contributed by atoms with Crippen LogP contribution >= 0.6 is 22.6 Å². The van der Waals surface area contributed by atoms with Crippen LogP contribution < -0.4 is 0 Å². The van der Waals surface area contributed by atoms with Gasteiger partial charge >= 0.3 is 0 Å². The lowest BCUT2D eigenvalue weighted by atomic mass is 10.1. The molecule has 0 bridgehead atoms. The topological polar surface area (TPSA) is 0 Å². The SMILES string of the molecule is Cc1ccc(CCCCI)cc1. The van der Waals surface area contributed by atoms with E-state index in [2.05, 4.69) is 53.8 Å². The molecule has 1 aromatic rings. The zero-order valence-corrected chi connectivity index (χ0v) is 9.67. The zero-order valence-electron chi connectivity index (χ0n) is 7.52. The molecule has 0 saturated heterocycles. The quantitative estimate of drug-likeness (QED) is 0.445. The molecule has 0 nitrogen and oxygen atoms in total. The molecule has 0 unspecified atom stereocenters. The van der Waals surface area contributed by atoms with Gasteiger partial charge in [0.2, 0.25) is 0 Å². The number of halogens is 1. The minimum absolute atomic E-state index is 1.24. The first-order chi connectivity index (χ1) is 5.83. The summed E-state index contributed by atoms with van der Waals surface area (Å²) in [7, 11) is 0. The van der Waals surface area contributed by atoms with E-state index in [1.165, 1.54) is 34.8 Å². The summed E-state index contributed by atoms with van der Waals surface area (Å²) in [5.41, 5.74) is 2.83. The van der Waals surface area contributed by atoms with Gasteiger partial charge in [-0.2, -0.15) is 0 Å². The van der Waals surface area contributed by atoms with E-state index in [0.717, 1.165) is 0 Å². The lowest BCUT2D eigenvalue weighted by molar-refractivity contribution is 0.809. The van der Waals surface area contributed by atoms with Gasteiger partial charge in [-0.3, -0.25) is 0 Å². The second-order valence-electron chi connectivity index (χ2n) is 3.13. The molecule has 12 heavy (non-hydrogen) atoms. The highest BCUT2D eigenvalue weighted by molar-refractivity contribution is 14.1. The van der Waals surface area contributed by atoms with Crippen molar-refractivity contribution in [2.75, 3.05) is 4.43 Å². The molecule has 0 N–H and O–H groups in total. The number of hydrogen-bond donors (Lipinski definition) is 0. The Balaban J connectivity index is 2.37. The molecule has 0 saturated carbocycles. The van der Waals surface area contributed by atoms with Gasteiger partial charge in [0.1, 0.15) is 0 Å². The van der Waals surface area contributed by atoms with E-state index < -0.39 is 0 Å². The van der Waals surface area contributed by atoms with Crippen molar-refractivity contribution in [2.45, 2.75) is 26.2 Å². The van der Waals surface area contributed by atoms with E-state index >= 15 is 0 Å². The highest BCUT2D eigenvalue weighted by Gasteiger charge is 1.91. The molecular weight excluding hydrogens is 259 g/mol. The molecule has 0 amide bonds. The second-order valence-corrected chi connectivity index (χ2v) is 4.21. The van der Waals surface area contributed by atoms with Gasteiger partial charge in [0.25, 0.3) is 0 Å². The maximum absolute atomic E-state index is 2.44. The number of alkyl halides is 1. The summed E-state index contributed by atoms with van der Waals surface area (Å²) in [6, 6.07) is 8.86. The van der Waals surface area contributed by atoms with Gasteiger partial charge in [-0.1, -0.05) is 52.4 Å². The number of hydrogen-bond acceptors (Lipinski definition) is 0. The normalized spacial score (nSPS) is 10.2.